The van der Waals surface area contributed by atoms with Crippen molar-refractivity contribution in [1.82, 2.24) is 4.98 Å². The Kier molecular flexibility index (Phi) is 4.84. The van der Waals surface area contributed by atoms with Gasteiger partial charge in [-0.25, -0.2) is 4.39 Å². The third-order valence-electron chi connectivity index (χ3n) is 1.09. The van der Waals surface area contributed by atoms with Crippen molar-refractivity contribution in [3.8, 4) is 0 Å². The highest BCUT2D eigenvalue weighted by atomic mass is 19.1. The highest BCUT2D eigenvalue weighted by Gasteiger charge is 2.05. The predicted octanol–water partition coefficient (Wildman–Crippen LogP) is 2.45. The molecule has 1 rings (SSSR count). The quantitative estimate of drug-likeness (QED) is 0.604. The molecule has 66 valence electrons. The molecule has 2 nitrogen and oxygen atoms in total. The molecule has 0 aromatic carbocycles. The van der Waals surface area contributed by atoms with E-state index < -0.39 is 5.82 Å². The zero-order chi connectivity index (χ0) is 9.56. The van der Waals surface area contributed by atoms with Crippen LogP contribution in [0.3, 0.4) is 0 Å². The van der Waals surface area contributed by atoms with E-state index in [9.17, 15) is 9.18 Å². The van der Waals surface area contributed by atoms with Gasteiger partial charge in [0.05, 0.1) is 0 Å². The number of aromatic nitrogens is 1. The number of carbonyl (C=O) groups excluding carboxylic acids is 1. The average molecular weight is 169 g/mol. The Balaban J connectivity index is 0.000000561. The molecule has 0 fully saturated rings. The molecule has 0 N–H and O–H groups in total. The van der Waals surface area contributed by atoms with E-state index in [4.69, 9.17) is 0 Å². The first kappa shape index (κ1) is 10.8. The van der Waals surface area contributed by atoms with Gasteiger partial charge in [-0.2, -0.15) is 0 Å². The van der Waals surface area contributed by atoms with Gasteiger partial charge in [-0.3, -0.25) is 9.78 Å². The first-order valence-electron chi connectivity index (χ1n) is 3.83. The highest BCUT2D eigenvalue weighted by molar-refractivity contribution is 5.92. The van der Waals surface area contributed by atoms with Crippen LogP contribution in [0.1, 0.15) is 31.3 Å². The summed E-state index contributed by atoms with van der Waals surface area (Å²) in [6.45, 7) is 5.28. The van der Waals surface area contributed by atoms with Crippen molar-refractivity contribution < 1.29 is 9.18 Å². The molecule has 3 heteroatoms. The Labute approximate surface area is 71.4 Å². The SMILES string of the molecule is CC.CC(=O)c1ncccc1F. The number of halogens is 1. The Morgan fingerprint density at radius 2 is 2.08 bits per heavy atom. The number of pyridine rings is 1. The zero-order valence-corrected chi connectivity index (χ0v) is 7.47. The van der Waals surface area contributed by atoms with Gasteiger partial charge in [-0.15, -0.1) is 0 Å². The minimum atomic E-state index is -0.560. The summed E-state index contributed by atoms with van der Waals surface area (Å²) in [7, 11) is 0. The number of carbonyl (C=O) groups is 1. The van der Waals surface area contributed by atoms with Crippen LogP contribution in [0.5, 0.6) is 0 Å². The van der Waals surface area contributed by atoms with Gasteiger partial charge in [-0.1, -0.05) is 13.8 Å². The molecule has 0 amide bonds. The topological polar surface area (TPSA) is 30.0 Å². The molecule has 0 aliphatic carbocycles. The van der Waals surface area contributed by atoms with Gasteiger partial charge in [0.25, 0.3) is 0 Å². The highest BCUT2D eigenvalue weighted by Crippen LogP contribution is 2.01. The lowest BCUT2D eigenvalue weighted by molar-refractivity contribution is 0.100. The molecule has 0 saturated carbocycles. The number of nitrogens with zero attached hydrogens (tertiary/aromatic N) is 1. The maximum absolute atomic E-state index is 12.6. The Morgan fingerprint density at radius 3 is 2.42 bits per heavy atom. The summed E-state index contributed by atoms with van der Waals surface area (Å²) in [6.07, 6.45) is 1.39. The van der Waals surface area contributed by atoms with Crippen molar-refractivity contribution in [1.29, 1.82) is 0 Å². The fourth-order valence-corrected chi connectivity index (χ4v) is 0.645. The first-order chi connectivity index (χ1) is 5.72. The zero-order valence-electron chi connectivity index (χ0n) is 7.47. The van der Waals surface area contributed by atoms with Crippen LogP contribution in [0.25, 0.3) is 0 Å². The van der Waals surface area contributed by atoms with Crippen LogP contribution in [0.15, 0.2) is 18.3 Å². The van der Waals surface area contributed by atoms with E-state index in [0.29, 0.717) is 0 Å². The van der Waals surface area contributed by atoms with E-state index in [-0.39, 0.29) is 11.5 Å². The number of hydrogen-bond acceptors (Lipinski definition) is 2. The van der Waals surface area contributed by atoms with Crippen molar-refractivity contribution in [2.75, 3.05) is 0 Å². The summed E-state index contributed by atoms with van der Waals surface area (Å²) < 4.78 is 12.6. The van der Waals surface area contributed by atoms with E-state index in [2.05, 4.69) is 4.98 Å². The van der Waals surface area contributed by atoms with Crippen LogP contribution in [-0.2, 0) is 0 Å². The summed E-state index contributed by atoms with van der Waals surface area (Å²) in [6, 6.07) is 2.66. The van der Waals surface area contributed by atoms with Crippen LogP contribution in [-0.4, -0.2) is 10.8 Å². The van der Waals surface area contributed by atoms with E-state index in [1.54, 1.807) is 0 Å². The second-order valence-corrected chi connectivity index (χ2v) is 1.89. The van der Waals surface area contributed by atoms with Crippen molar-refractivity contribution in [2.45, 2.75) is 20.8 Å². The van der Waals surface area contributed by atoms with Gasteiger partial charge in [0.1, 0.15) is 5.69 Å². The van der Waals surface area contributed by atoms with Gasteiger partial charge in [-0.05, 0) is 12.1 Å². The van der Waals surface area contributed by atoms with Crippen LogP contribution in [0.2, 0.25) is 0 Å². The molecule has 0 radical (unpaired) electrons. The Bertz CT molecular complexity index is 260. The summed E-state index contributed by atoms with van der Waals surface area (Å²) in [5.74, 6) is -0.909. The predicted molar refractivity (Wildman–Crippen MR) is 45.5 cm³/mol. The number of rotatable bonds is 1. The molecular formula is C9H12FNO. The third kappa shape index (κ3) is 2.78. The average Bonchev–Trinajstić information content (AvgIpc) is 2.08. The van der Waals surface area contributed by atoms with Gasteiger partial charge in [0, 0.05) is 13.1 Å². The molecule has 0 spiro atoms. The fourth-order valence-electron chi connectivity index (χ4n) is 0.645. The lowest BCUT2D eigenvalue weighted by Crippen LogP contribution is -1.99. The number of hydrogen-bond donors (Lipinski definition) is 0. The largest absolute Gasteiger partial charge is 0.293 e. The van der Waals surface area contributed by atoms with Crippen LogP contribution >= 0.6 is 0 Å². The molecule has 12 heavy (non-hydrogen) atoms. The van der Waals surface area contributed by atoms with E-state index in [1.165, 1.54) is 25.3 Å². The molecular weight excluding hydrogens is 157 g/mol. The van der Waals surface area contributed by atoms with Gasteiger partial charge in [0.15, 0.2) is 11.6 Å². The van der Waals surface area contributed by atoms with Crippen LogP contribution < -0.4 is 0 Å². The number of Topliss-reactive ketones (excluding diaryl/α,β-unsaturated/α-hetero) is 1. The molecule has 0 atom stereocenters. The second kappa shape index (κ2) is 5.41. The van der Waals surface area contributed by atoms with Crippen molar-refractivity contribution in [2.24, 2.45) is 0 Å². The number of ketones is 1. The van der Waals surface area contributed by atoms with E-state index in [0.717, 1.165) is 0 Å². The summed E-state index contributed by atoms with van der Waals surface area (Å²) in [4.78, 5) is 14.1. The Hall–Kier alpha value is -1.25. The lowest BCUT2D eigenvalue weighted by Gasteiger charge is -1.93. The molecule has 0 aliphatic heterocycles. The van der Waals surface area contributed by atoms with Crippen molar-refractivity contribution in [3.05, 3.63) is 29.8 Å². The molecule has 1 aromatic rings. The first-order valence-corrected chi connectivity index (χ1v) is 3.83. The monoisotopic (exact) mass is 169 g/mol. The van der Waals surface area contributed by atoms with E-state index >= 15 is 0 Å². The van der Waals surface area contributed by atoms with Crippen molar-refractivity contribution >= 4 is 5.78 Å². The molecule has 0 saturated heterocycles. The lowest BCUT2D eigenvalue weighted by atomic mass is 10.3. The molecule has 0 unspecified atom stereocenters. The molecule has 1 heterocycles. The summed E-state index contributed by atoms with van der Waals surface area (Å²) in [5.41, 5.74) is -0.0949. The molecule has 0 aliphatic rings. The van der Waals surface area contributed by atoms with Gasteiger partial charge < -0.3 is 0 Å². The molecule has 1 aromatic heterocycles. The normalized spacial score (nSPS) is 8.33. The fraction of sp³-hybridized carbons (Fsp3) is 0.333. The summed E-state index contributed by atoms with van der Waals surface area (Å²) >= 11 is 0. The third-order valence-corrected chi connectivity index (χ3v) is 1.09. The Morgan fingerprint density at radius 1 is 1.50 bits per heavy atom. The maximum atomic E-state index is 12.6. The van der Waals surface area contributed by atoms with Crippen LogP contribution in [0, 0.1) is 5.82 Å². The maximum Gasteiger partial charge on any atom is 0.181 e. The second-order valence-electron chi connectivity index (χ2n) is 1.89. The van der Waals surface area contributed by atoms with Gasteiger partial charge in [0.2, 0.25) is 0 Å². The minimum Gasteiger partial charge on any atom is -0.293 e. The van der Waals surface area contributed by atoms with E-state index in [1.807, 2.05) is 13.8 Å². The smallest absolute Gasteiger partial charge is 0.181 e. The molecule has 0 bridgehead atoms. The standard InChI is InChI=1S/C7H6FNO.C2H6/c1-5(10)7-6(8)3-2-4-9-7;1-2/h2-4H,1H3;1-2H3. The minimum absolute atomic E-state index is 0.0949. The van der Waals surface area contributed by atoms with Gasteiger partial charge >= 0.3 is 0 Å². The van der Waals surface area contributed by atoms with Crippen molar-refractivity contribution in [3.63, 3.8) is 0 Å². The van der Waals surface area contributed by atoms with Crippen LogP contribution in [0.4, 0.5) is 4.39 Å². The summed E-state index contributed by atoms with van der Waals surface area (Å²) in [5, 5.41) is 0.